The summed E-state index contributed by atoms with van der Waals surface area (Å²) in [6.45, 7) is -1.67. The molecule has 9 rings (SSSR count). The third-order valence-electron chi connectivity index (χ3n) is 11.7. The number of pyridine rings is 1. The van der Waals surface area contributed by atoms with Gasteiger partial charge in [-0.2, -0.15) is 0 Å². The quantitative estimate of drug-likeness (QED) is 0.174. The lowest BCUT2D eigenvalue weighted by atomic mass is 9.79. The molecule has 0 saturated heterocycles. The highest BCUT2D eigenvalue weighted by Gasteiger charge is 2.29. The van der Waals surface area contributed by atoms with E-state index in [0.717, 1.165) is 22.3 Å². The second kappa shape index (κ2) is 16.5. The van der Waals surface area contributed by atoms with Gasteiger partial charge in [-0.05, 0) is 133 Å². The van der Waals surface area contributed by atoms with Gasteiger partial charge in [0.1, 0.15) is 11.6 Å². The molecule has 0 unspecified atom stereocenters. The van der Waals surface area contributed by atoms with Crippen LogP contribution in [0.2, 0.25) is 0 Å². The minimum atomic E-state index is -3.84. The van der Waals surface area contributed by atoms with E-state index in [9.17, 15) is 7.85 Å². The largest absolute Gasteiger partial charge is 0.507 e. The predicted octanol–water partition coefficient (Wildman–Crippen LogP) is 16.3. The van der Waals surface area contributed by atoms with Crippen molar-refractivity contribution in [1.82, 2.24) is 14.5 Å². The smallest absolute Gasteiger partial charge is 0.149 e. The van der Waals surface area contributed by atoms with Crippen LogP contribution in [0.15, 0.2) is 170 Å². The number of aromatic hydroxyl groups is 1. The molecular formula is C61H59N3O. The zero-order valence-electron chi connectivity index (χ0n) is 53.1. The van der Waals surface area contributed by atoms with Crippen molar-refractivity contribution >= 4 is 11.0 Å². The lowest BCUT2D eigenvalue weighted by Crippen LogP contribution is -2.17. The second-order valence-corrected chi connectivity index (χ2v) is 18.6. The van der Waals surface area contributed by atoms with Gasteiger partial charge in [-0.1, -0.05) is 171 Å². The second-order valence-electron chi connectivity index (χ2n) is 18.6. The summed E-state index contributed by atoms with van der Waals surface area (Å²) >= 11 is 0. The zero-order chi connectivity index (χ0) is 59.3. The van der Waals surface area contributed by atoms with E-state index < -0.39 is 68.0 Å². The van der Waals surface area contributed by atoms with Crippen molar-refractivity contribution in [2.24, 2.45) is 0 Å². The first kappa shape index (κ1) is 28.0. The molecule has 65 heavy (non-hydrogen) atoms. The maximum Gasteiger partial charge on any atom is 0.149 e. The van der Waals surface area contributed by atoms with Crippen molar-refractivity contribution in [2.75, 3.05) is 0 Å². The molecule has 2 aromatic heterocycles. The summed E-state index contributed by atoms with van der Waals surface area (Å²) in [5.41, 5.74) is 2.61. The molecule has 0 atom stereocenters. The van der Waals surface area contributed by atoms with E-state index in [4.69, 9.17) is 29.2 Å². The number of para-hydroxylation sites is 1. The van der Waals surface area contributed by atoms with Crippen LogP contribution < -0.4 is 0 Å². The van der Waals surface area contributed by atoms with Crippen LogP contribution in [0, 0.1) is 6.85 Å². The van der Waals surface area contributed by atoms with Crippen LogP contribution in [-0.2, 0) is 16.2 Å². The summed E-state index contributed by atoms with van der Waals surface area (Å²) < 4.78 is 139. The van der Waals surface area contributed by atoms with Gasteiger partial charge in [0.25, 0.3) is 0 Å². The van der Waals surface area contributed by atoms with Gasteiger partial charge in [-0.3, -0.25) is 9.55 Å². The number of fused-ring (bicyclic) bond motifs is 1. The lowest BCUT2D eigenvalue weighted by molar-refractivity contribution is 0.446. The van der Waals surface area contributed by atoms with E-state index in [-0.39, 0.29) is 27.9 Å². The standard InChI is InChI=1S/C61H59N3O/c1-39-30-44(40-18-13-11-14-19-40)35-50(31-39)64-55-23-17-22-51(56(55)63-58(64)52-37-49(60(5,6)7)38-53(57(52)65)61(8,9)10)46-32-45(41-20-15-12-16-21-41)33-47(34-46)54-36-43(28-29-62-54)42-24-26-48(27-25-42)59(2,3)4/h11-38,65H,1-10H3/i1D3,2D3,3D3,4D3,24D,25D,26D,27D. The Labute approximate surface area is 407 Å². The Hall–Kier alpha value is -7.04. The molecular weight excluding hydrogens is 791 g/mol. The van der Waals surface area contributed by atoms with Crippen molar-refractivity contribution < 1.29 is 27.0 Å². The van der Waals surface area contributed by atoms with Crippen LogP contribution >= 0.6 is 0 Å². The highest BCUT2D eigenvalue weighted by atomic mass is 16.3. The number of aryl methyl sites for hydroxylation is 1. The van der Waals surface area contributed by atoms with Crippen LogP contribution in [0.1, 0.15) is 106 Å². The number of hydrogen-bond acceptors (Lipinski definition) is 3. The van der Waals surface area contributed by atoms with E-state index >= 15 is 0 Å². The summed E-state index contributed by atoms with van der Waals surface area (Å²) in [5, 5.41) is 12.5. The van der Waals surface area contributed by atoms with Crippen molar-refractivity contribution in [3.8, 4) is 78.6 Å². The van der Waals surface area contributed by atoms with Gasteiger partial charge in [-0.15, -0.1) is 0 Å². The van der Waals surface area contributed by atoms with E-state index in [2.05, 4.69) is 20.8 Å². The summed E-state index contributed by atoms with van der Waals surface area (Å²) in [6.07, 6.45) is 1.40. The molecule has 0 spiro atoms. The average Bonchev–Trinajstić information content (AvgIpc) is 3.93. The van der Waals surface area contributed by atoms with Crippen LogP contribution in [0.4, 0.5) is 0 Å². The summed E-state index contributed by atoms with van der Waals surface area (Å²) in [6, 6.07) is 38.6. The van der Waals surface area contributed by atoms with E-state index in [1.54, 1.807) is 12.1 Å². The van der Waals surface area contributed by atoms with Crippen molar-refractivity contribution in [2.45, 2.75) is 85.2 Å². The molecule has 324 valence electrons. The van der Waals surface area contributed by atoms with Crippen LogP contribution in [0.3, 0.4) is 0 Å². The van der Waals surface area contributed by atoms with Gasteiger partial charge in [0, 0.05) is 45.0 Å². The molecule has 0 bridgehead atoms. The molecule has 0 saturated carbocycles. The first-order valence-electron chi connectivity index (χ1n) is 29.5. The van der Waals surface area contributed by atoms with E-state index in [1.807, 2.05) is 141 Å². The van der Waals surface area contributed by atoms with Gasteiger partial charge in [0.2, 0.25) is 0 Å². The molecule has 0 amide bonds. The van der Waals surface area contributed by atoms with Crippen LogP contribution in [0.25, 0.3) is 83.9 Å². The topological polar surface area (TPSA) is 50.9 Å². The number of rotatable bonds is 7. The van der Waals surface area contributed by atoms with Crippen molar-refractivity contribution in [3.63, 3.8) is 0 Å². The number of nitrogens with zero attached hydrogens (tertiary/aromatic N) is 3. The molecule has 2 heterocycles. The fourth-order valence-corrected chi connectivity index (χ4v) is 8.24. The predicted molar refractivity (Wildman–Crippen MR) is 274 cm³/mol. The van der Waals surface area contributed by atoms with Crippen LogP contribution in [0.5, 0.6) is 5.75 Å². The lowest BCUT2D eigenvalue weighted by Gasteiger charge is -2.27. The van der Waals surface area contributed by atoms with E-state index in [0.29, 0.717) is 61.6 Å². The number of phenols is 1. The molecule has 4 heteroatoms. The molecule has 4 nitrogen and oxygen atoms in total. The monoisotopic (exact) mass is 866 g/mol. The van der Waals surface area contributed by atoms with Crippen LogP contribution in [-0.4, -0.2) is 19.6 Å². The fourth-order valence-electron chi connectivity index (χ4n) is 8.24. The highest BCUT2D eigenvalue weighted by Crippen LogP contribution is 2.45. The Morgan fingerprint density at radius 3 is 1.83 bits per heavy atom. The molecule has 0 aliphatic heterocycles. The third kappa shape index (κ3) is 8.66. The Morgan fingerprint density at radius 2 is 1.18 bits per heavy atom. The summed E-state index contributed by atoms with van der Waals surface area (Å²) in [4.78, 5) is 10.2. The van der Waals surface area contributed by atoms with Crippen molar-refractivity contribution in [3.05, 3.63) is 192 Å². The van der Waals surface area contributed by atoms with Gasteiger partial charge >= 0.3 is 0 Å². The minimum absolute atomic E-state index is 0.0192. The molecule has 1 N–H and O–H groups in total. The van der Waals surface area contributed by atoms with E-state index in [1.165, 1.54) is 18.3 Å². The van der Waals surface area contributed by atoms with Crippen molar-refractivity contribution in [1.29, 1.82) is 0 Å². The zero-order valence-corrected chi connectivity index (χ0v) is 37.1. The number of aromatic nitrogens is 3. The number of hydrogen-bond donors (Lipinski definition) is 1. The minimum Gasteiger partial charge on any atom is -0.507 e. The van der Waals surface area contributed by atoms with Gasteiger partial charge < -0.3 is 5.11 Å². The molecule has 0 aliphatic carbocycles. The molecule has 0 aliphatic rings. The average molecular weight is 866 g/mol. The number of benzene rings is 7. The maximum atomic E-state index is 12.5. The third-order valence-corrected chi connectivity index (χ3v) is 11.7. The Morgan fingerprint density at radius 1 is 0.523 bits per heavy atom. The highest BCUT2D eigenvalue weighted by molar-refractivity contribution is 5.98. The summed E-state index contributed by atoms with van der Waals surface area (Å²) in [7, 11) is 0. The molecule has 9 aromatic rings. The Bertz CT molecular complexity index is 3840. The van der Waals surface area contributed by atoms with Gasteiger partial charge in [-0.25, -0.2) is 4.98 Å². The first-order chi connectivity index (χ1) is 37.6. The normalized spacial score (nSPS) is 16.6. The number of imidazole rings is 1. The fraction of sp³-hybridized carbons (Fsp3) is 0.213. The molecule has 0 radical (unpaired) electrons. The number of phenolic OH excluding ortho intramolecular Hbond substituents is 1. The Balaban J connectivity index is 1.33. The molecule has 7 aromatic carbocycles. The Kier molecular flexibility index (Phi) is 7.11. The maximum absolute atomic E-state index is 12.5. The molecule has 0 fully saturated rings. The first-order valence-corrected chi connectivity index (χ1v) is 21.5. The van der Waals surface area contributed by atoms with Gasteiger partial charge in [0.05, 0.1) is 27.8 Å². The summed E-state index contributed by atoms with van der Waals surface area (Å²) in [5.74, 6) is 0.368. The SMILES string of the molecule is [2H]c1c([2H])c(C(C([2H])([2H])[2H])(C([2H])([2H])[2H])C([2H])([2H])[2H])c([2H])c([2H])c1-c1ccnc(-c2cc(-c3ccccc3)cc(-c3cccc4c3nc(-c3cc(C(C)(C)C)cc(C(C)(C)C)c3O)n4-c3cc(-c4ccccc4)cc(C([2H])([2H])[2H])c3)c2)c1. The van der Waals surface area contributed by atoms with Gasteiger partial charge in [0.15, 0.2) is 0 Å².